The quantitative estimate of drug-likeness (QED) is 0.402. The first-order chi connectivity index (χ1) is 12.7. The van der Waals surface area contributed by atoms with E-state index >= 15 is 0 Å². The predicted molar refractivity (Wildman–Crippen MR) is 108 cm³/mol. The van der Waals surface area contributed by atoms with Gasteiger partial charge in [0.2, 0.25) is 0 Å². The molecule has 0 amide bonds. The Morgan fingerprint density at radius 3 is 2.31 bits per heavy atom. The van der Waals surface area contributed by atoms with Crippen LogP contribution < -0.4 is 33.0 Å². The summed E-state index contributed by atoms with van der Waals surface area (Å²) in [7, 11) is 4.50. The van der Waals surface area contributed by atoms with Crippen molar-refractivity contribution in [2.45, 2.75) is 12.6 Å². The van der Waals surface area contributed by atoms with E-state index in [9.17, 15) is 4.79 Å². The van der Waals surface area contributed by atoms with Crippen LogP contribution in [0.15, 0.2) is 36.4 Å². The third kappa shape index (κ3) is 5.98. The normalized spacial score (nSPS) is 13.6. The highest BCUT2D eigenvalue weighted by Gasteiger charge is 2.25. The second-order valence-corrected chi connectivity index (χ2v) is 5.02. The number of nitrogens with two attached hydrogens (primary N) is 4. The van der Waals surface area contributed by atoms with Crippen LogP contribution in [0.1, 0.15) is 17.2 Å². The molecule has 1 aliphatic rings. The van der Waals surface area contributed by atoms with Crippen molar-refractivity contribution in [3.05, 3.63) is 52.5 Å². The molecule has 1 aliphatic heterocycles. The maximum atomic E-state index is 11.1. The van der Waals surface area contributed by atoms with E-state index in [1.807, 2.05) is 18.2 Å². The van der Waals surface area contributed by atoms with Gasteiger partial charge in [-0.05, 0) is 51.0 Å². The Morgan fingerprint density at radius 1 is 1.08 bits per heavy atom. The van der Waals surface area contributed by atoms with Gasteiger partial charge in [-0.2, -0.15) is 0 Å². The summed E-state index contributed by atoms with van der Waals surface area (Å²) in [4.78, 5) is 11.1. The molecule has 1 unspecified atom stereocenters. The Kier molecular flexibility index (Phi) is 12.0. The SMILES string of the molecule is CN.CN.CN.Nc1ccc(Oc2cccc3c2C(C=O)NC3)c(Cl)c1. The molecule has 9 N–H and O–H groups in total. The van der Waals surface area contributed by atoms with Crippen LogP contribution in [0.5, 0.6) is 11.5 Å². The summed E-state index contributed by atoms with van der Waals surface area (Å²) in [6, 6.07) is 10.4. The number of carbonyl (C=O) groups excluding carboxylic acids is 1. The monoisotopic (exact) mass is 381 g/mol. The highest BCUT2D eigenvalue weighted by atomic mass is 35.5. The number of nitrogens with one attached hydrogen (secondary N) is 1. The third-order valence-electron chi connectivity index (χ3n) is 3.29. The molecule has 3 rings (SSSR count). The van der Waals surface area contributed by atoms with Crippen LogP contribution in [0.2, 0.25) is 5.02 Å². The summed E-state index contributed by atoms with van der Waals surface area (Å²) in [5.74, 6) is 1.15. The number of hydrogen-bond donors (Lipinski definition) is 5. The lowest BCUT2D eigenvalue weighted by Gasteiger charge is -2.13. The Labute approximate surface area is 159 Å². The lowest BCUT2D eigenvalue weighted by Crippen LogP contribution is -2.13. The molecule has 144 valence electrons. The first kappa shape index (κ1) is 23.8. The van der Waals surface area contributed by atoms with Crippen LogP contribution in [0, 0.1) is 0 Å². The fraction of sp³-hybridized carbons (Fsp3) is 0.278. The molecule has 0 saturated heterocycles. The van der Waals surface area contributed by atoms with Crippen molar-refractivity contribution >= 4 is 23.6 Å². The van der Waals surface area contributed by atoms with Gasteiger partial charge in [0.15, 0.2) is 0 Å². The lowest BCUT2D eigenvalue weighted by molar-refractivity contribution is -0.109. The number of benzene rings is 2. The van der Waals surface area contributed by atoms with Crippen LogP contribution in [0.3, 0.4) is 0 Å². The van der Waals surface area contributed by atoms with Crippen LogP contribution >= 0.6 is 11.6 Å². The number of anilines is 1. The standard InChI is InChI=1S/C15H13ClN2O2.3CH5N/c16-11-6-10(17)4-5-13(11)20-14-3-1-2-9-7-18-12(8-19)15(9)14;3*1-2/h1-6,8,12,18H,7,17H2;3*2H2,1H3. The maximum Gasteiger partial charge on any atom is 0.146 e. The molecule has 0 aromatic heterocycles. The number of nitrogen functional groups attached to an aromatic ring is 1. The van der Waals surface area contributed by atoms with Crippen LogP contribution in [-0.4, -0.2) is 27.4 Å². The fourth-order valence-electron chi connectivity index (χ4n) is 2.34. The Bertz CT molecular complexity index is 683. The van der Waals surface area contributed by atoms with Gasteiger partial charge in [-0.15, -0.1) is 0 Å². The molecule has 8 heteroatoms. The average molecular weight is 382 g/mol. The predicted octanol–water partition coefficient (Wildman–Crippen LogP) is 1.78. The number of rotatable bonds is 3. The van der Waals surface area contributed by atoms with Gasteiger partial charge in [0, 0.05) is 17.8 Å². The van der Waals surface area contributed by atoms with Crippen molar-refractivity contribution in [2.75, 3.05) is 26.9 Å². The summed E-state index contributed by atoms with van der Waals surface area (Å²) in [6.45, 7) is 0.658. The zero-order valence-electron chi connectivity index (χ0n) is 15.3. The molecular weight excluding hydrogens is 354 g/mol. The van der Waals surface area contributed by atoms with Gasteiger partial charge in [0.25, 0.3) is 0 Å². The summed E-state index contributed by atoms with van der Waals surface area (Å²) in [5, 5.41) is 3.56. The Balaban J connectivity index is 0.000000948. The molecule has 2 aromatic rings. The van der Waals surface area contributed by atoms with Gasteiger partial charge >= 0.3 is 0 Å². The van der Waals surface area contributed by atoms with Gasteiger partial charge < -0.3 is 32.5 Å². The van der Waals surface area contributed by atoms with Crippen molar-refractivity contribution in [1.29, 1.82) is 0 Å². The number of hydrogen-bond acceptors (Lipinski definition) is 7. The van der Waals surface area contributed by atoms with E-state index < -0.39 is 0 Å². The van der Waals surface area contributed by atoms with E-state index in [-0.39, 0.29) is 6.04 Å². The van der Waals surface area contributed by atoms with Gasteiger partial charge in [-0.3, -0.25) is 5.32 Å². The smallest absolute Gasteiger partial charge is 0.146 e. The molecule has 7 nitrogen and oxygen atoms in total. The molecule has 0 saturated carbocycles. The molecule has 0 bridgehead atoms. The van der Waals surface area contributed by atoms with E-state index in [0.717, 1.165) is 17.4 Å². The van der Waals surface area contributed by atoms with E-state index in [0.29, 0.717) is 28.8 Å². The van der Waals surface area contributed by atoms with E-state index in [4.69, 9.17) is 22.1 Å². The number of halogens is 1. The first-order valence-electron chi connectivity index (χ1n) is 7.95. The van der Waals surface area contributed by atoms with Crippen molar-refractivity contribution in [2.24, 2.45) is 17.2 Å². The maximum absolute atomic E-state index is 11.1. The molecular formula is C18H28ClN5O2. The second-order valence-electron chi connectivity index (χ2n) is 4.62. The third-order valence-corrected chi connectivity index (χ3v) is 3.59. The molecule has 1 atom stereocenters. The Morgan fingerprint density at radius 2 is 1.73 bits per heavy atom. The first-order valence-corrected chi connectivity index (χ1v) is 8.33. The molecule has 0 aliphatic carbocycles. The lowest BCUT2D eigenvalue weighted by atomic mass is 10.0. The van der Waals surface area contributed by atoms with Crippen molar-refractivity contribution in [3.63, 3.8) is 0 Å². The summed E-state index contributed by atoms with van der Waals surface area (Å²) in [6.07, 6.45) is 0.878. The molecule has 0 radical (unpaired) electrons. The van der Waals surface area contributed by atoms with E-state index in [1.54, 1.807) is 18.2 Å². The summed E-state index contributed by atoms with van der Waals surface area (Å²) >= 11 is 6.11. The highest BCUT2D eigenvalue weighted by Crippen LogP contribution is 2.37. The van der Waals surface area contributed by atoms with Gasteiger partial charge in [-0.25, -0.2) is 0 Å². The van der Waals surface area contributed by atoms with Crippen LogP contribution in [0.25, 0.3) is 0 Å². The largest absolute Gasteiger partial charge is 0.455 e. The fourth-order valence-corrected chi connectivity index (χ4v) is 2.57. The summed E-state index contributed by atoms with van der Waals surface area (Å²) < 4.78 is 5.85. The highest BCUT2D eigenvalue weighted by molar-refractivity contribution is 6.32. The van der Waals surface area contributed by atoms with Gasteiger partial charge in [0.05, 0.1) is 11.1 Å². The molecule has 0 spiro atoms. The van der Waals surface area contributed by atoms with Crippen LogP contribution in [0.4, 0.5) is 5.69 Å². The topological polar surface area (TPSA) is 142 Å². The van der Waals surface area contributed by atoms with Crippen LogP contribution in [-0.2, 0) is 11.3 Å². The molecule has 26 heavy (non-hydrogen) atoms. The van der Waals surface area contributed by atoms with E-state index in [2.05, 4.69) is 22.5 Å². The van der Waals surface area contributed by atoms with Crippen molar-refractivity contribution in [3.8, 4) is 11.5 Å². The minimum Gasteiger partial charge on any atom is -0.455 e. The molecule has 1 heterocycles. The Hall–Kier alpha value is -2.16. The summed E-state index contributed by atoms with van der Waals surface area (Å²) in [5.41, 5.74) is 21.7. The minimum absolute atomic E-state index is 0.339. The molecule has 0 fully saturated rings. The van der Waals surface area contributed by atoms with Crippen molar-refractivity contribution in [1.82, 2.24) is 5.32 Å². The zero-order chi connectivity index (χ0) is 20.1. The average Bonchev–Trinajstić information content (AvgIpc) is 3.13. The number of aldehydes is 1. The van der Waals surface area contributed by atoms with Crippen molar-refractivity contribution < 1.29 is 9.53 Å². The van der Waals surface area contributed by atoms with E-state index in [1.165, 1.54) is 21.1 Å². The minimum atomic E-state index is -0.339. The molecule has 2 aromatic carbocycles. The number of carbonyl (C=O) groups is 1. The zero-order valence-corrected chi connectivity index (χ0v) is 16.1. The number of ether oxygens (including phenoxy) is 1. The van der Waals surface area contributed by atoms with Gasteiger partial charge in [-0.1, -0.05) is 23.7 Å². The van der Waals surface area contributed by atoms with Gasteiger partial charge in [0.1, 0.15) is 17.8 Å². The number of fused-ring (bicyclic) bond motifs is 1. The second kappa shape index (κ2) is 13.1.